The van der Waals surface area contributed by atoms with E-state index in [1.54, 1.807) is 18.3 Å². The Labute approximate surface area is 125 Å². The van der Waals surface area contributed by atoms with E-state index in [1.165, 1.54) is 6.20 Å². The van der Waals surface area contributed by atoms with Crippen molar-refractivity contribution in [3.05, 3.63) is 48.4 Å². The highest BCUT2D eigenvalue weighted by molar-refractivity contribution is 5.56. The maximum absolute atomic E-state index is 13.0. The summed E-state index contributed by atoms with van der Waals surface area (Å²) < 4.78 is 39.1. The number of hydrogen-bond acceptors (Lipinski definition) is 4. The van der Waals surface area contributed by atoms with Crippen molar-refractivity contribution in [1.82, 2.24) is 15.0 Å². The van der Waals surface area contributed by atoms with Gasteiger partial charge in [0.25, 0.3) is 0 Å². The number of alkyl halides is 3. The van der Waals surface area contributed by atoms with Crippen molar-refractivity contribution in [3.8, 4) is 11.4 Å². The van der Waals surface area contributed by atoms with Gasteiger partial charge in [0, 0.05) is 30.1 Å². The molecule has 3 rings (SSSR count). The number of halogens is 3. The third-order valence-corrected chi connectivity index (χ3v) is 3.30. The maximum Gasteiger partial charge on any atom is 0.433 e. The van der Waals surface area contributed by atoms with Gasteiger partial charge in [-0.05, 0) is 25.0 Å². The Morgan fingerprint density at radius 3 is 2.55 bits per heavy atom. The number of anilines is 1. The first-order chi connectivity index (χ1) is 10.5. The minimum absolute atomic E-state index is 0.0105. The highest BCUT2D eigenvalue weighted by Gasteiger charge is 2.34. The van der Waals surface area contributed by atoms with E-state index in [-0.39, 0.29) is 17.7 Å². The van der Waals surface area contributed by atoms with Crippen molar-refractivity contribution >= 4 is 5.82 Å². The molecule has 0 aromatic carbocycles. The molecule has 2 aromatic heterocycles. The van der Waals surface area contributed by atoms with Crippen LogP contribution in [-0.2, 0) is 6.18 Å². The first-order valence-electron chi connectivity index (χ1n) is 6.80. The maximum atomic E-state index is 13.0. The average Bonchev–Trinajstić information content (AvgIpc) is 3.00. The number of nitrogens with zero attached hydrogens (tertiary/aromatic N) is 3. The number of hydrogen-bond donors (Lipinski definition) is 1. The normalized spacial score (nSPS) is 15.2. The van der Waals surface area contributed by atoms with E-state index in [0.29, 0.717) is 5.56 Å². The molecule has 0 radical (unpaired) electrons. The van der Waals surface area contributed by atoms with Crippen LogP contribution in [0.2, 0.25) is 0 Å². The molecule has 22 heavy (non-hydrogen) atoms. The molecule has 1 N–H and O–H groups in total. The van der Waals surface area contributed by atoms with Gasteiger partial charge in [0.15, 0.2) is 11.5 Å². The van der Waals surface area contributed by atoms with E-state index in [0.717, 1.165) is 18.9 Å². The molecule has 0 atom stereocenters. The lowest BCUT2D eigenvalue weighted by atomic mass is 10.2. The Bertz CT molecular complexity index is 675. The minimum atomic E-state index is -4.52. The van der Waals surface area contributed by atoms with Gasteiger partial charge < -0.3 is 5.32 Å². The summed E-state index contributed by atoms with van der Waals surface area (Å²) >= 11 is 0. The van der Waals surface area contributed by atoms with Gasteiger partial charge in [-0.1, -0.05) is 12.2 Å². The Hall–Kier alpha value is -2.44. The summed E-state index contributed by atoms with van der Waals surface area (Å²) in [5.74, 6) is 0.186. The summed E-state index contributed by atoms with van der Waals surface area (Å²) in [6, 6.07) is 4.27. The van der Waals surface area contributed by atoms with E-state index in [4.69, 9.17) is 0 Å². The van der Waals surface area contributed by atoms with Gasteiger partial charge in [-0.15, -0.1) is 0 Å². The Kier molecular flexibility index (Phi) is 3.79. The predicted molar refractivity (Wildman–Crippen MR) is 76.0 cm³/mol. The first kappa shape index (κ1) is 14.5. The van der Waals surface area contributed by atoms with Crippen LogP contribution in [0, 0.1) is 0 Å². The van der Waals surface area contributed by atoms with Crippen LogP contribution in [0.25, 0.3) is 11.4 Å². The topological polar surface area (TPSA) is 50.7 Å². The zero-order chi connectivity index (χ0) is 15.6. The molecule has 0 bridgehead atoms. The van der Waals surface area contributed by atoms with Gasteiger partial charge in [-0.2, -0.15) is 13.2 Å². The summed E-state index contributed by atoms with van der Waals surface area (Å²) in [6.45, 7) is 0. The summed E-state index contributed by atoms with van der Waals surface area (Å²) in [4.78, 5) is 11.7. The van der Waals surface area contributed by atoms with Crippen LogP contribution in [-0.4, -0.2) is 21.0 Å². The lowest BCUT2D eigenvalue weighted by Gasteiger charge is -2.15. The Balaban J connectivity index is 1.98. The first-order valence-corrected chi connectivity index (χ1v) is 6.80. The van der Waals surface area contributed by atoms with Gasteiger partial charge in [0.05, 0.1) is 0 Å². The zero-order valence-electron chi connectivity index (χ0n) is 11.5. The molecule has 4 nitrogen and oxygen atoms in total. The highest BCUT2D eigenvalue weighted by atomic mass is 19.4. The third-order valence-electron chi connectivity index (χ3n) is 3.30. The molecule has 2 heterocycles. The lowest BCUT2D eigenvalue weighted by Crippen LogP contribution is -2.18. The van der Waals surface area contributed by atoms with Crippen molar-refractivity contribution in [2.75, 3.05) is 5.32 Å². The second kappa shape index (κ2) is 5.75. The van der Waals surface area contributed by atoms with Crippen LogP contribution < -0.4 is 5.32 Å². The molecule has 1 aliphatic rings. The standard InChI is InChI=1S/C15H13F3N4/c16-15(17,18)12-8-13(20-11-5-1-2-6-11)22-14(21-12)10-4-3-7-19-9-10/h1-4,7-9,11H,5-6H2,(H,20,21,22). The number of nitrogens with one attached hydrogen (secondary N) is 1. The summed E-state index contributed by atoms with van der Waals surface area (Å²) in [6.07, 6.45) is 3.99. The smallest absolute Gasteiger partial charge is 0.367 e. The molecule has 0 amide bonds. The molecule has 0 fully saturated rings. The SMILES string of the molecule is FC(F)(F)c1cc(NC2CC=CC2)nc(-c2cccnc2)n1. The van der Waals surface area contributed by atoms with Crippen molar-refractivity contribution in [1.29, 1.82) is 0 Å². The van der Waals surface area contributed by atoms with Crippen LogP contribution >= 0.6 is 0 Å². The van der Waals surface area contributed by atoms with Crippen LogP contribution in [0.1, 0.15) is 18.5 Å². The number of aromatic nitrogens is 3. The molecule has 0 saturated heterocycles. The molecule has 0 unspecified atom stereocenters. The molecule has 7 heteroatoms. The molecule has 2 aromatic rings. The van der Waals surface area contributed by atoms with E-state index in [1.807, 2.05) is 12.2 Å². The van der Waals surface area contributed by atoms with E-state index < -0.39 is 11.9 Å². The number of rotatable bonds is 3. The van der Waals surface area contributed by atoms with Crippen molar-refractivity contribution < 1.29 is 13.2 Å². The van der Waals surface area contributed by atoms with Crippen LogP contribution in [0.3, 0.4) is 0 Å². The quantitative estimate of drug-likeness (QED) is 0.879. The number of pyridine rings is 1. The van der Waals surface area contributed by atoms with Crippen molar-refractivity contribution in [3.63, 3.8) is 0 Å². The van der Waals surface area contributed by atoms with E-state index >= 15 is 0 Å². The molecule has 0 spiro atoms. The highest BCUT2D eigenvalue weighted by Crippen LogP contribution is 2.31. The molecular weight excluding hydrogens is 293 g/mol. The molecule has 0 aliphatic heterocycles. The second-order valence-corrected chi connectivity index (χ2v) is 4.99. The van der Waals surface area contributed by atoms with E-state index in [2.05, 4.69) is 20.3 Å². The van der Waals surface area contributed by atoms with Gasteiger partial charge in [0.2, 0.25) is 0 Å². The van der Waals surface area contributed by atoms with Crippen molar-refractivity contribution in [2.24, 2.45) is 0 Å². The fourth-order valence-electron chi connectivity index (χ4n) is 2.23. The lowest BCUT2D eigenvalue weighted by molar-refractivity contribution is -0.141. The minimum Gasteiger partial charge on any atom is -0.367 e. The van der Waals surface area contributed by atoms with Crippen LogP contribution in [0.15, 0.2) is 42.7 Å². The largest absolute Gasteiger partial charge is 0.433 e. The van der Waals surface area contributed by atoms with Gasteiger partial charge >= 0.3 is 6.18 Å². The fraction of sp³-hybridized carbons (Fsp3) is 0.267. The average molecular weight is 306 g/mol. The molecule has 114 valence electrons. The fourth-order valence-corrected chi connectivity index (χ4v) is 2.23. The monoisotopic (exact) mass is 306 g/mol. The molecule has 0 saturated carbocycles. The Morgan fingerprint density at radius 2 is 1.91 bits per heavy atom. The van der Waals surface area contributed by atoms with Crippen molar-refractivity contribution in [2.45, 2.75) is 25.1 Å². The Morgan fingerprint density at radius 1 is 1.14 bits per heavy atom. The summed E-state index contributed by atoms with van der Waals surface area (Å²) in [5, 5.41) is 3.03. The molecule has 1 aliphatic carbocycles. The van der Waals surface area contributed by atoms with Crippen LogP contribution in [0.5, 0.6) is 0 Å². The van der Waals surface area contributed by atoms with Gasteiger partial charge in [-0.3, -0.25) is 4.98 Å². The van der Waals surface area contributed by atoms with Gasteiger partial charge in [0.1, 0.15) is 5.82 Å². The van der Waals surface area contributed by atoms with Gasteiger partial charge in [-0.25, -0.2) is 9.97 Å². The predicted octanol–water partition coefficient (Wildman–Crippen LogP) is 3.69. The summed E-state index contributed by atoms with van der Waals surface area (Å²) in [7, 11) is 0. The van der Waals surface area contributed by atoms with Crippen LogP contribution in [0.4, 0.5) is 19.0 Å². The van der Waals surface area contributed by atoms with E-state index in [9.17, 15) is 13.2 Å². The third kappa shape index (κ3) is 3.24. The second-order valence-electron chi connectivity index (χ2n) is 4.99. The summed E-state index contributed by atoms with van der Waals surface area (Å²) in [5.41, 5.74) is -0.518. The molecular formula is C15H13F3N4. The zero-order valence-corrected chi connectivity index (χ0v) is 11.5.